The maximum absolute atomic E-state index is 11.8. The van der Waals surface area contributed by atoms with E-state index in [9.17, 15) is 9.59 Å². The molecule has 5 heteroatoms. The lowest BCUT2D eigenvalue weighted by Gasteiger charge is -2.30. The van der Waals surface area contributed by atoms with Crippen LogP contribution >= 0.6 is 0 Å². The summed E-state index contributed by atoms with van der Waals surface area (Å²) in [6.07, 6.45) is 2.84. The van der Waals surface area contributed by atoms with Crippen LogP contribution in [0.4, 0.5) is 4.79 Å². The summed E-state index contributed by atoms with van der Waals surface area (Å²) in [6.45, 7) is 6.17. The fraction of sp³-hybridized carbons (Fsp3) is 0.857. The molecule has 0 spiro atoms. The van der Waals surface area contributed by atoms with E-state index in [1.807, 2.05) is 20.8 Å². The van der Waals surface area contributed by atoms with Crippen LogP contribution in [-0.4, -0.2) is 41.3 Å². The van der Waals surface area contributed by atoms with Crippen LogP contribution in [0.2, 0.25) is 0 Å². The summed E-state index contributed by atoms with van der Waals surface area (Å²) >= 11 is 0. The number of aliphatic carboxylic acids is 1. The first-order valence-corrected chi connectivity index (χ1v) is 6.86. The highest BCUT2D eigenvalue weighted by molar-refractivity contribution is 5.70. The fourth-order valence-electron chi connectivity index (χ4n) is 2.39. The van der Waals surface area contributed by atoms with E-state index in [1.54, 1.807) is 11.9 Å². The number of carbonyl (C=O) groups is 2. The molecule has 1 saturated carbocycles. The van der Waals surface area contributed by atoms with Gasteiger partial charge in [-0.1, -0.05) is 0 Å². The Hall–Kier alpha value is -1.26. The molecule has 0 heterocycles. The van der Waals surface area contributed by atoms with Gasteiger partial charge in [-0.05, 0) is 52.4 Å². The zero-order valence-corrected chi connectivity index (χ0v) is 12.3. The van der Waals surface area contributed by atoms with Crippen molar-refractivity contribution in [2.75, 3.05) is 13.6 Å². The van der Waals surface area contributed by atoms with E-state index in [-0.39, 0.29) is 12.0 Å². The van der Waals surface area contributed by atoms with Gasteiger partial charge in [0.25, 0.3) is 0 Å². The molecule has 0 bridgehead atoms. The number of hydrogen-bond acceptors (Lipinski definition) is 3. The third-order valence-corrected chi connectivity index (χ3v) is 3.43. The number of ether oxygens (including phenoxy) is 1. The molecule has 0 aromatic carbocycles. The summed E-state index contributed by atoms with van der Waals surface area (Å²) in [6, 6.07) is 0. The van der Waals surface area contributed by atoms with Crippen molar-refractivity contribution in [2.24, 2.45) is 11.8 Å². The highest BCUT2D eigenvalue weighted by atomic mass is 16.6. The molecule has 0 radical (unpaired) electrons. The van der Waals surface area contributed by atoms with Crippen molar-refractivity contribution in [2.45, 2.75) is 52.1 Å². The predicted molar refractivity (Wildman–Crippen MR) is 71.9 cm³/mol. The third kappa shape index (κ3) is 5.49. The molecule has 0 atom stereocenters. The lowest BCUT2D eigenvalue weighted by Crippen LogP contribution is -2.38. The van der Waals surface area contributed by atoms with Crippen molar-refractivity contribution in [1.29, 1.82) is 0 Å². The maximum atomic E-state index is 11.8. The second kappa shape index (κ2) is 6.26. The van der Waals surface area contributed by atoms with Gasteiger partial charge in [-0.2, -0.15) is 0 Å². The van der Waals surface area contributed by atoms with Crippen LogP contribution in [0, 0.1) is 11.8 Å². The second-order valence-corrected chi connectivity index (χ2v) is 6.42. The van der Waals surface area contributed by atoms with Gasteiger partial charge in [0.1, 0.15) is 5.60 Å². The Kier molecular flexibility index (Phi) is 5.20. The van der Waals surface area contributed by atoms with Crippen LogP contribution < -0.4 is 0 Å². The van der Waals surface area contributed by atoms with Crippen LogP contribution in [0.5, 0.6) is 0 Å². The Labute approximate surface area is 114 Å². The molecule has 1 rings (SSSR count). The highest BCUT2D eigenvalue weighted by Gasteiger charge is 2.28. The van der Waals surface area contributed by atoms with Crippen molar-refractivity contribution in [1.82, 2.24) is 4.90 Å². The van der Waals surface area contributed by atoms with Crippen molar-refractivity contribution in [3.8, 4) is 0 Å². The Morgan fingerprint density at radius 2 is 1.74 bits per heavy atom. The molecule has 19 heavy (non-hydrogen) atoms. The predicted octanol–water partition coefficient (Wildman–Crippen LogP) is 2.74. The minimum Gasteiger partial charge on any atom is -0.481 e. The quantitative estimate of drug-likeness (QED) is 0.857. The molecule has 5 nitrogen and oxygen atoms in total. The van der Waals surface area contributed by atoms with Crippen molar-refractivity contribution in [3.63, 3.8) is 0 Å². The van der Waals surface area contributed by atoms with Crippen molar-refractivity contribution in [3.05, 3.63) is 0 Å². The van der Waals surface area contributed by atoms with Crippen LogP contribution in [-0.2, 0) is 9.53 Å². The number of carboxylic acid groups (broad SMARTS) is 1. The molecule has 0 saturated heterocycles. The van der Waals surface area contributed by atoms with E-state index in [1.165, 1.54) is 0 Å². The molecule has 1 fully saturated rings. The SMILES string of the molecule is CN(CC1CCC(C(=O)O)CC1)C(=O)OC(C)(C)C. The smallest absolute Gasteiger partial charge is 0.410 e. The Balaban J connectivity index is 2.36. The van der Waals surface area contributed by atoms with Gasteiger partial charge < -0.3 is 14.7 Å². The summed E-state index contributed by atoms with van der Waals surface area (Å²) < 4.78 is 5.29. The van der Waals surface area contributed by atoms with Crippen LogP contribution in [0.25, 0.3) is 0 Å². The monoisotopic (exact) mass is 271 g/mol. The third-order valence-electron chi connectivity index (χ3n) is 3.43. The van der Waals surface area contributed by atoms with Gasteiger partial charge in [-0.15, -0.1) is 0 Å². The average molecular weight is 271 g/mol. The van der Waals surface area contributed by atoms with Gasteiger partial charge in [0.15, 0.2) is 0 Å². The summed E-state index contributed by atoms with van der Waals surface area (Å²) in [4.78, 5) is 24.3. The number of rotatable bonds is 3. The summed E-state index contributed by atoms with van der Waals surface area (Å²) in [5.74, 6) is -0.518. The van der Waals surface area contributed by atoms with E-state index in [4.69, 9.17) is 9.84 Å². The standard InChI is InChI=1S/C14H25NO4/c1-14(2,3)19-13(18)15(4)9-10-5-7-11(8-6-10)12(16)17/h10-11H,5-9H2,1-4H3,(H,16,17). The Morgan fingerprint density at radius 1 is 1.21 bits per heavy atom. The molecule has 1 amide bonds. The second-order valence-electron chi connectivity index (χ2n) is 6.42. The summed E-state index contributed by atoms with van der Waals surface area (Å²) in [5, 5.41) is 8.94. The summed E-state index contributed by atoms with van der Waals surface area (Å²) in [7, 11) is 1.73. The van der Waals surface area contributed by atoms with E-state index < -0.39 is 11.6 Å². The minimum atomic E-state index is -0.695. The van der Waals surface area contributed by atoms with E-state index in [0.717, 1.165) is 12.8 Å². The van der Waals surface area contributed by atoms with Gasteiger partial charge in [-0.3, -0.25) is 4.79 Å². The largest absolute Gasteiger partial charge is 0.481 e. The number of hydrogen-bond donors (Lipinski definition) is 1. The number of nitrogens with zero attached hydrogens (tertiary/aromatic N) is 1. The van der Waals surface area contributed by atoms with Gasteiger partial charge in [0.05, 0.1) is 5.92 Å². The molecule has 0 aromatic heterocycles. The normalized spacial score (nSPS) is 23.8. The van der Waals surface area contributed by atoms with Crippen molar-refractivity contribution >= 4 is 12.1 Å². The molecule has 110 valence electrons. The zero-order chi connectivity index (χ0) is 14.6. The zero-order valence-electron chi connectivity index (χ0n) is 12.3. The minimum absolute atomic E-state index is 0.205. The highest BCUT2D eigenvalue weighted by Crippen LogP contribution is 2.29. The van der Waals surface area contributed by atoms with E-state index in [2.05, 4.69) is 0 Å². The first-order valence-electron chi connectivity index (χ1n) is 6.86. The summed E-state index contributed by atoms with van der Waals surface area (Å²) in [5.41, 5.74) is -0.480. The number of carboxylic acids is 1. The Bertz CT molecular complexity index is 327. The molecule has 1 N–H and O–H groups in total. The molecular formula is C14H25NO4. The molecule has 0 unspecified atom stereocenters. The van der Waals surface area contributed by atoms with Crippen LogP contribution in [0.3, 0.4) is 0 Å². The van der Waals surface area contributed by atoms with Gasteiger partial charge in [0.2, 0.25) is 0 Å². The number of amides is 1. The van der Waals surface area contributed by atoms with Gasteiger partial charge in [-0.25, -0.2) is 4.79 Å². The lowest BCUT2D eigenvalue weighted by molar-refractivity contribution is -0.143. The van der Waals surface area contributed by atoms with E-state index >= 15 is 0 Å². The molecule has 1 aliphatic rings. The topological polar surface area (TPSA) is 66.8 Å². The van der Waals surface area contributed by atoms with Gasteiger partial charge in [0, 0.05) is 13.6 Å². The maximum Gasteiger partial charge on any atom is 0.410 e. The molecule has 0 aromatic rings. The average Bonchev–Trinajstić information content (AvgIpc) is 2.27. The molecule has 0 aliphatic heterocycles. The molecular weight excluding hydrogens is 246 g/mol. The number of carbonyl (C=O) groups excluding carboxylic acids is 1. The fourth-order valence-corrected chi connectivity index (χ4v) is 2.39. The van der Waals surface area contributed by atoms with Crippen LogP contribution in [0.15, 0.2) is 0 Å². The lowest BCUT2D eigenvalue weighted by atomic mass is 9.82. The van der Waals surface area contributed by atoms with Gasteiger partial charge >= 0.3 is 12.1 Å². The van der Waals surface area contributed by atoms with Crippen LogP contribution in [0.1, 0.15) is 46.5 Å². The Morgan fingerprint density at radius 3 is 2.16 bits per heavy atom. The first kappa shape index (κ1) is 15.8. The van der Waals surface area contributed by atoms with Crippen molar-refractivity contribution < 1.29 is 19.4 Å². The molecule has 1 aliphatic carbocycles. The van der Waals surface area contributed by atoms with E-state index in [0.29, 0.717) is 25.3 Å². The first-order chi connectivity index (χ1) is 8.69.